The van der Waals surface area contributed by atoms with Gasteiger partial charge in [-0.15, -0.1) is 0 Å². The molecule has 2 aromatic heterocycles. The monoisotopic (exact) mass is 324 g/mol. The highest BCUT2D eigenvalue weighted by Crippen LogP contribution is 2.26. The summed E-state index contributed by atoms with van der Waals surface area (Å²) in [6.07, 6.45) is 3.35. The molecule has 0 fully saturated rings. The molecule has 0 aliphatic heterocycles. The average molecular weight is 324 g/mol. The fraction of sp³-hybridized carbons (Fsp3) is 0.222. The van der Waals surface area contributed by atoms with Gasteiger partial charge in [0.25, 0.3) is 0 Å². The number of pyridine rings is 1. The summed E-state index contributed by atoms with van der Waals surface area (Å²) in [5.74, 6) is 0.779. The van der Waals surface area contributed by atoms with Crippen LogP contribution in [-0.4, -0.2) is 25.1 Å². The second-order valence-electron chi connectivity index (χ2n) is 5.80. The lowest BCUT2D eigenvalue weighted by atomic mass is 10.1. The SMILES string of the molecule is CC(NC(=O)Nc1ccnc(N(C)C)c1)c1coc2ccccc12. The lowest BCUT2D eigenvalue weighted by molar-refractivity contribution is 0.249. The Labute approximate surface area is 140 Å². The Morgan fingerprint density at radius 2 is 2.04 bits per heavy atom. The van der Waals surface area contributed by atoms with Crippen molar-refractivity contribution in [3.63, 3.8) is 0 Å². The molecule has 2 N–H and O–H groups in total. The second-order valence-corrected chi connectivity index (χ2v) is 5.80. The lowest BCUT2D eigenvalue weighted by Gasteiger charge is -2.15. The number of hydrogen-bond donors (Lipinski definition) is 2. The van der Waals surface area contributed by atoms with Crippen LogP contribution in [0, 0.1) is 0 Å². The van der Waals surface area contributed by atoms with Gasteiger partial charge in [-0.3, -0.25) is 0 Å². The molecule has 1 aromatic carbocycles. The van der Waals surface area contributed by atoms with Crippen LogP contribution in [0.1, 0.15) is 18.5 Å². The molecule has 124 valence electrons. The van der Waals surface area contributed by atoms with Crippen LogP contribution in [0.5, 0.6) is 0 Å². The van der Waals surface area contributed by atoms with Crippen molar-refractivity contribution in [1.82, 2.24) is 10.3 Å². The van der Waals surface area contributed by atoms with Gasteiger partial charge in [-0.2, -0.15) is 0 Å². The van der Waals surface area contributed by atoms with E-state index in [0.29, 0.717) is 5.69 Å². The van der Waals surface area contributed by atoms with Crippen molar-refractivity contribution in [2.45, 2.75) is 13.0 Å². The summed E-state index contributed by atoms with van der Waals surface area (Å²) in [7, 11) is 3.80. The third-order valence-corrected chi connectivity index (χ3v) is 3.79. The number of nitrogens with zero attached hydrogens (tertiary/aromatic N) is 2. The van der Waals surface area contributed by atoms with Gasteiger partial charge < -0.3 is 20.0 Å². The van der Waals surface area contributed by atoms with Crippen LogP contribution in [0.4, 0.5) is 16.3 Å². The number of carbonyl (C=O) groups excluding carboxylic acids is 1. The van der Waals surface area contributed by atoms with Crippen molar-refractivity contribution in [2.75, 3.05) is 24.3 Å². The standard InChI is InChI=1S/C18H20N4O2/c1-12(15-11-24-16-7-5-4-6-14(15)16)20-18(23)21-13-8-9-19-17(10-13)22(2)3/h4-12H,1-3H3,(H2,19,20,21,23). The Balaban J connectivity index is 1.69. The number of anilines is 2. The average Bonchev–Trinajstić information content (AvgIpc) is 2.99. The van der Waals surface area contributed by atoms with Crippen LogP contribution < -0.4 is 15.5 Å². The lowest BCUT2D eigenvalue weighted by Crippen LogP contribution is -2.31. The topological polar surface area (TPSA) is 70.4 Å². The summed E-state index contributed by atoms with van der Waals surface area (Å²) in [5.41, 5.74) is 2.45. The molecule has 0 bridgehead atoms. The molecule has 0 spiro atoms. The van der Waals surface area contributed by atoms with Gasteiger partial charge in [0.05, 0.1) is 12.3 Å². The molecule has 0 saturated heterocycles. The Kier molecular flexibility index (Phi) is 4.37. The molecule has 1 unspecified atom stereocenters. The molecule has 0 aliphatic carbocycles. The van der Waals surface area contributed by atoms with E-state index in [4.69, 9.17) is 4.42 Å². The second kappa shape index (κ2) is 6.62. The quantitative estimate of drug-likeness (QED) is 0.766. The van der Waals surface area contributed by atoms with Crippen LogP contribution >= 0.6 is 0 Å². The largest absolute Gasteiger partial charge is 0.464 e. The highest BCUT2D eigenvalue weighted by molar-refractivity contribution is 5.90. The van der Waals surface area contributed by atoms with Gasteiger partial charge in [-0.05, 0) is 19.1 Å². The molecule has 0 saturated carbocycles. The van der Waals surface area contributed by atoms with Gasteiger partial charge >= 0.3 is 6.03 Å². The summed E-state index contributed by atoms with van der Waals surface area (Å²) >= 11 is 0. The first-order valence-corrected chi connectivity index (χ1v) is 7.71. The number of benzene rings is 1. The summed E-state index contributed by atoms with van der Waals surface area (Å²) < 4.78 is 5.53. The molecule has 3 aromatic rings. The maximum atomic E-state index is 12.2. The molecule has 6 heteroatoms. The Morgan fingerprint density at radius 1 is 1.25 bits per heavy atom. The van der Waals surface area contributed by atoms with Crippen molar-refractivity contribution in [1.29, 1.82) is 0 Å². The summed E-state index contributed by atoms with van der Waals surface area (Å²) in [5, 5.41) is 6.76. The minimum atomic E-state index is -0.274. The van der Waals surface area contributed by atoms with Crippen LogP contribution in [0.25, 0.3) is 11.0 Å². The van der Waals surface area contributed by atoms with Crippen LogP contribution in [0.15, 0.2) is 53.3 Å². The summed E-state index contributed by atoms with van der Waals surface area (Å²) in [6.45, 7) is 1.93. The number of amides is 2. The molecule has 24 heavy (non-hydrogen) atoms. The zero-order valence-corrected chi connectivity index (χ0v) is 13.9. The van der Waals surface area contributed by atoms with Gasteiger partial charge in [0.2, 0.25) is 0 Å². The van der Waals surface area contributed by atoms with E-state index in [1.54, 1.807) is 18.5 Å². The minimum Gasteiger partial charge on any atom is -0.464 e. The van der Waals surface area contributed by atoms with Crippen molar-refractivity contribution < 1.29 is 9.21 Å². The third kappa shape index (κ3) is 3.32. The van der Waals surface area contributed by atoms with Gasteiger partial charge in [-0.25, -0.2) is 9.78 Å². The number of carbonyl (C=O) groups is 1. The fourth-order valence-electron chi connectivity index (χ4n) is 2.52. The highest BCUT2D eigenvalue weighted by atomic mass is 16.3. The van der Waals surface area contributed by atoms with Crippen molar-refractivity contribution in [3.8, 4) is 0 Å². The Bertz CT molecular complexity index is 857. The van der Waals surface area contributed by atoms with Crippen molar-refractivity contribution in [2.24, 2.45) is 0 Å². The number of rotatable bonds is 4. The molecule has 1 atom stereocenters. The predicted octanol–water partition coefficient (Wildman–Crippen LogP) is 3.78. The predicted molar refractivity (Wildman–Crippen MR) is 95.3 cm³/mol. The zero-order valence-electron chi connectivity index (χ0n) is 13.9. The first-order valence-electron chi connectivity index (χ1n) is 7.71. The molecule has 2 amide bonds. The number of aromatic nitrogens is 1. The van der Waals surface area contributed by atoms with E-state index in [2.05, 4.69) is 15.6 Å². The van der Waals surface area contributed by atoms with Gasteiger partial charge in [0.1, 0.15) is 11.4 Å². The number of furan rings is 1. The fourth-order valence-corrected chi connectivity index (χ4v) is 2.52. The number of urea groups is 1. The first kappa shape index (κ1) is 15.9. The van der Waals surface area contributed by atoms with Gasteiger partial charge in [-0.1, -0.05) is 18.2 Å². The van der Waals surface area contributed by atoms with E-state index >= 15 is 0 Å². The minimum absolute atomic E-state index is 0.177. The van der Waals surface area contributed by atoms with Gasteiger partial charge in [0.15, 0.2) is 0 Å². The maximum Gasteiger partial charge on any atom is 0.319 e. The molecule has 3 rings (SSSR count). The smallest absolute Gasteiger partial charge is 0.319 e. The van der Waals surface area contributed by atoms with E-state index in [-0.39, 0.29) is 12.1 Å². The number of nitrogens with one attached hydrogen (secondary N) is 2. The summed E-state index contributed by atoms with van der Waals surface area (Å²) in [6, 6.07) is 10.9. The maximum absolute atomic E-state index is 12.2. The summed E-state index contributed by atoms with van der Waals surface area (Å²) in [4.78, 5) is 18.4. The third-order valence-electron chi connectivity index (χ3n) is 3.79. The molecule has 0 radical (unpaired) electrons. The molecular weight excluding hydrogens is 304 g/mol. The van der Waals surface area contributed by atoms with Gasteiger partial charge in [0, 0.05) is 43.0 Å². The van der Waals surface area contributed by atoms with Crippen LogP contribution in [-0.2, 0) is 0 Å². The number of hydrogen-bond acceptors (Lipinski definition) is 4. The molecular formula is C18H20N4O2. The molecule has 6 nitrogen and oxygen atoms in total. The normalized spacial score (nSPS) is 12.0. The van der Waals surface area contributed by atoms with Crippen LogP contribution in [0.2, 0.25) is 0 Å². The number of fused-ring (bicyclic) bond motifs is 1. The Morgan fingerprint density at radius 3 is 2.83 bits per heavy atom. The number of para-hydroxylation sites is 1. The highest BCUT2D eigenvalue weighted by Gasteiger charge is 2.15. The molecule has 0 aliphatic rings. The van der Waals surface area contributed by atoms with E-state index in [1.807, 2.05) is 56.3 Å². The first-order chi connectivity index (χ1) is 11.5. The van der Waals surface area contributed by atoms with Crippen LogP contribution in [0.3, 0.4) is 0 Å². The van der Waals surface area contributed by atoms with E-state index in [0.717, 1.165) is 22.4 Å². The van der Waals surface area contributed by atoms with Crippen molar-refractivity contribution in [3.05, 3.63) is 54.4 Å². The Hall–Kier alpha value is -3.02. The van der Waals surface area contributed by atoms with E-state index in [1.165, 1.54) is 0 Å². The van der Waals surface area contributed by atoms with Crippen molar-refractivity contribution >= 4 is 28.5 Å². The van der Waals surface area contributed by atoms with E-state index < -0.39 is 0 Å². The van der Waals surface area contributed by atoms with E-state index in [9.17, 15) is 4.79 Å². The molecule has 2 heterocycles. The zero-order chi connectivity index (χ0) is 17.1.